The van der Waals surface area contributed by atoms with E-state index in [0.717, 1.165) is 37.7 Å². The van der Waals surface area contributed by atoms with Crippen LogP contribution in [0, 0.1) is 23.1 Å². The first kappa shape index (κ1) is 21.8. The first-order valence-electron chi connectivity index (χ1n) is 11.8. The molecule has 5 nitrogen and oxygen atoms in total. The van der Waals surface area contributed by atoms with Gasteiger partial charge in [0.25, 0.3) is 5.91 Å². The lowest BCUT2D eigenvalue weighted by molar-refractivity contribution is -0.136. The van der Waals surface area contributed by atoms with Crippen LogP contribution in [-0.2, 0) is 11.2 Å². The van der Waals surface area contributed by atoms with E-state index < -0.39 is 5.97 Å². The maximum Gasteiger partial charge on any atom is 0.305 e. The number of nitrogens with one attached hydrogen (secondary N) is 1. The van der Waals surface area contributed by atoms with Crippen molar-refractivity contribution in [2.45, 2.75) is 51.4 Å². The highest BCUT2D eigenvalue weighted by Crippen LogP contribution is 2.63. The highest BCUT2D eigenvalue weighted by atomic mass is 19.1. The van der Waals surface area contributed by atoms with Gasteiger partial charge in [0.2, 0.25) is 0 Å². The van der Waals surface area contributed by atoms with Crippen LogP contribution in [-0.4, -0.2) is 28.5 Å². The summed E-state index contributed by atoms with van der Waals surface area (Å²) in [6.45, 7) is 2.48. The summed E-state index contributed by atoms with van der Waals surface area (Å²) in [5, 5.41) is 11.5. The smallest absolute Gasteiger partial charge is 0.305 e. The zero-order valence-corrected chi connectivity index (χ0v) is 18.8. The van der Waals surface area contributed by atoms with Crippen molar-refractivity contribution in [1.82, 2.24) is 10.3 Å². The Morgan fingerprint density at radius 3 is 2.88 bits per heavy atom. The fraction of sp³-hybridized carbons (Fsp3) is 0.444. The number of halogens is 1. The van der Waals surface area contributed by atoms with E-state index >= 15 is 0 Å². The van der Waals surface area contributed by atoms with E-state index in [1.165, 1.54) is 22.9 Å². The number of carboxylic acids is 1. The van der Waals surface area contributed by atoms with E-state index in [0.29, 0.717) is 23.3 Å². The second kappa shape index (κ2) is 8.40. The maximum absolute atomic E-state index is 13.9. The van der Waals surface area contributed by atoms with Gasteiger partial charge in [0, 0.05) is 18.3 Å². The molecular formula is C27H29FN2O3. The molecule has 172 valence electrons. The Morgan fingerprint density at radius 2 is 2.09 bits per heavy atom. The zero-order chi connectivity index (χ0) is 23.2. The van der Waals surface area contributed by atoms with Gasteiger partial charge in [-0.15, -0.1) is 0 Å². The summed E-state index contributed by atoms with van der Waals surface area (Å²) < 4.78 is 13.9. The summed E-state index contributed by atoms with van der Waals surface area (Å²) in [5.41, 5.74) is 5.40. The molecule has 0 bridgehead atoms. The Hall–Kier alpha value is -3.02. The number of pyridine rings is 1. The third-order valence-electron chi connectivity index (χ3n) is 8.21. The number of benzene rings is 1. The number of carbonyl (C=O) groups excluding carboxylic acids is 1. The second-order valence-corrected chi connectivity index (χ2v) is 9.93. The number of aromatic nitrogens is 1. The Balaban J connectivity index is 1.34. The summed E-state index contributed by atoms with van der Waals surface area (Å²) in [6, 6.07) is 7.59. The van der Waals surface area contributed by atoms with Gasteiger partial charge in [0.05, 0.1) is 12.6 Å². The number of amides is 1. The molecule has 0 aliphatic heterocycles. The average Bonchev–Trinajstić information content (AvgIpc) is 3.15. The number of hydrogen-bond acceptors (Lipinski definition) is 3. The number of nitrogens with zero attached hydrogens (tertiary/aromatic N) is 1. The molecule has 0 saturated heterocycles. The summed E-state index contributed by atoms with van der Waals surface area (Å²) in [5.74, 6) is 0.154. The number of carbonyl (C=O) groups is 2. The minimum Gasteiger partial charge on any atom is -0.481 e. The van der Waals surface area contributed by atoms with Crippen LogP contribution in [0.25, 0.3) is 5.57 Å². The topological polar surface area (TPSA) is 79.3 Å². The number of fused-ring (bicyclic) bond motifs is 5. The number of aliphatic carboxylic acids is 1. The monoisotopic (exact) mass is 448 g/mol. The van der Waals surface area contributed by atoms with Crippen LogP contribution >= 0.6 is 0 Å². The van der Waals surface area contributed by atoms with Crippen molar-refractivity contribution < 1.29 is 19.1 Å². The van der Waals surface area contributed by atoms with Gasteiger partial charge in [0.1, 0.15) is 5.82 Å². The van der Waals surface area contributed by atoms with Crippen molar-refractivity contribution in [3.05, 3.63) is 70.8 Å². The molecule has 2 aromatic rings. The van der Waals surface area contributed by atoms with Gasteiger partial charge in [-0.3, -0.25) is 14.6 Å². The molecular weight excluding hydrogens is 419 g/mol. The summed E-state index contributed by atoms with van der Waals surface area (Å²) in [4.78, 5) is 27.2. The third kappa shape index (κ3) is 3.85. The van der Waals surface area contributed by atoms with Crippen LogP contribution in [0.4, 0.5) is 4.39 Å². The molecule has 5 rings (SSSR count). The summed E-state index contributed by atoms with van der Waals surface area (Å²) in [7, 11) is 0. The summed E-state index contributed by atoms with van der Waals surface area (Å²) >= 11 is 0. The fourth-order valence-electron chi connectivity index (χ4n) is 6.68. The molecule has 1 aromatic carbocycles. The van der Waals surface area contributed by atoms with Gasteiger partial charge in [0.15, 0.2) is 0 Å². The molecule has 0 spiro atoms. The molecule has 33 heavy (non-hydrogen) atoms. The highest BCUT2D eigenvalue weighted by Gasteiger charge is 2.52. The first-order chi connectivity index (χ1) is 15.9. The molecule has 3 aliphatic carbocycles. The molecule has 4 atom stereocenters. The quantitative estimate of drug-likeness (QED) is 0.677. The van der Waals surface area contributed by atoms with E-state index in [9.17, 15) is 14.0 Å². The Bertz CT molecular complexity index is 1140. The lowest BCUT2D eigenvalue weighted by Crippen LogP contribution is -2.41. The van der Waals surface area contributed by atoms with Gasteiger partial charge >= 0.3 is 5.97 Å². The normalized spacial score (nSPS) is 27.7. The largest absolute Gasteiger partial charge is 0.481 e. The van der Waals surface area contributed by atoms with Crippen LogP contribution in [0.5, 0.6) is 0 Å². The molecule has 1 saturated carbocycles. The predicted molar refractivity (Wildman–Crippen MR) is 123 cm³/mol. The molecule has 3 aliphatic rings. The zero-order valence-electron chi connectivity index (χ0n) is 18.8. The van der Waals surface area contributed by atoms with Gasteiger partial charge in [-0.1, -0.05) is 19.1 Å². The number of hydrogen-bond donors (Lipinski definition) is 2. The lowest BCUT2D eigenvalue weighted by atomic mass is 9.54. The van der Waals surface area contributed by atoms with Crippen LogP contribution in [0.3, 0.4) is 0 Å². The minimum atomic E-state index is -0.922. The van der Waals surface area contributed by atoms with Crippen molar-refractivity contribution in [1.29, 1.82) is 0 Å². The fourth-order valence-corrected chi connectivity index (χ4v) is 6.68. The maximum atomic E-state index is 13.9. The molecule has 1 heterocycles. The number of carboxylic acid groups (broad SMARTS) is 1. The van der Waals surface area contributed by atoms with Crippen molar-refractivity contribution in [3.63, 3.8) is 0 Å². The average molecular weight is 449 g/mol. The minimum absolute atomic E-state index is 0.0398. The number of aryl methyl sites for hydroxylation is 1. The van der Waals surface area contributed by atoms with Gasteiger partial charge in [-0.25, -0.2) is 4.39 Å². The second-order valence-electron chi connectivity index (χ2n) is 9.93. The van der Waals surface area contributed by atoms with E-state index in [4.69, 9.17) is 5.11 Å². The Labute approximate surface area is 193 Å². The van der Waals surface area contributed by atoms with Gasteiger partial charge in [-0.2, -0.15) is 0 Å². The molecule has 0 radical (unpaired) electrons. The van der Waals surface area contributed by atoms with Crippen LogP contribution in [0.2, 0.25) is 0 Å². The lowest BCUT2D eigenvalue weighted by Gasteiger charge is -2.50. The molecule has 1 fully saturated rings. The SMILES string of the molecule is C[C@]12CCC3c4ccc(C(=O)NCCC(=O)O)cc4CCC3C1CC=C2c1cncc(F)c1. The molecule has 1 amide bonds. The standard InChI is InChI=1S/C27H29FN2O3/c1-27-10-8-21-20-4-3-17(26(33)30-11-9-25(31)32)12-16(20)2-5-22(21)24(27)7-6-23(27)18-13-19(28)15-29-14-18/h3-4,6,12-15,21-22,24H,2,5,7-11H2,1H3,(H,30,33)(H,31,32)/t21?,22?,24?,27-/m1/s1. The Kier molecular flexibility index (Phi) is 5.55. The Morgan fingerprint density at radius 1 is 1.24 bits per heavy atom. The van der Waals surface area contributed by atoms with Gasteiger partial charge < -0.3 is 10.4 Å². The van der Waals surface area contributed by atoms with E-state index in [1.54, 1.807) is 12.3 Å². The van der Waals surface area contributed by atoms with Crippen LogP contribution in [0.15, 0.2) is 42.7 Å². The molecule has 2 N–H and O–H groups in total. The number of allylic oxidation sites excluding steroid dienone is 2. The first-order valence-corrected chi connectivity index (χ1v) is 11.8. The third-order valence-corrected chi connectivity index (χ3v) is 8.21. The molecule has 6 heteroatoms. The molecule has 3 unspecified atom stereocenters. The highest BCUT2D eigenvalue weighted by molar-refractivity contribution is 5.94. The molecule has 1 aromatic heterocycles. The van der Waals surface area contributed by atoms with Crippen LogP contribution < -0.4 is 5.32 Å². The predicted octanol–water partition coefficient (Wildman–Crippen LogP) is 4.97. The van der Waals surface area contributed by atoms with Crippen molar-refractivity contribution in [3.8, 4) is 0 Å². The van der Waals surface area contributed by atoms with E-state index in [1.807, 2.05) is 12.1 Å². The van der Waals surface area contributed by atoms with E-state index in [2.05, 4.69) is 29.4 Å². The van der Waals surface area contributed by atoms with Crippen molar-refractivity contribution in [2.24, 2.45) is 17.3 Å². The van der Waals surface area contributed by atoms with Crippen LogP contribution in [0.1, 0.15) is 72.0 Å². The number of rotatable bonds is 5. The van der Waals surface area contributed by atoms with E-state index in [-0.39, 0.29) is 30.1 Å². The van der Waals surface area contributed by atoms with Crippen molar-refractivity contribution in [2.75, 3.05) is 6.54 Å². The summed E-state index contributed by atoms with van der Waals surface area (Å²) in [6.07, 6.45) is 10.4. The van der Waals surface area contributed by atoms with Gasteiger partial charge in [-0.05, 0) is 95.7 Å². The van der Waals surface area contributed by atoms with Crippen molar-refractivity contribution >= 4 is 17.4 Å².